The highest BCUT2D eigenvalue weighted by Crippen LogP contribution is 2.31. The number of hydrogen-bond acceptors (Lipinski definition) is 4. The maximum atomic E-state index is 12.8. The fourth-order valence-electron chi connectivity index (χ4n) is 3.15. The second kappa shape index (κ2) is 8.92. The molecule has 3 aromatic rings. The number of fused-ring (bicyclic) bond motifs is 1. The van der Waals surface area contributed by atoms with E-state index in [1.165, 1.54) is 0 Å². The van der Waals surface area contributed by atoms with Crippen LogP contribution in [0.25, 0.3) is 10.8 Å². The number of nitrogens with one attached hydrogen (secondary N) is 2. The van der Waals surface area contributed by atoms with Gasteiger partial charge in [0.25, 0.3) is 5.91 Å². The molecule has 1 aliphatic rings. The number of carbonyl (C=O) groups is 2. The molecule has 0 unspecified atom stereocenters. The van der Waals surface area contributed by atoms with E-state index in [4.69, 9.17) is 9.15 Å². The summed E-state index contributed by atoms with van der Waals surface area (Å²) in [7, 11) is 0. The summed E-state index contributed by atoms with van der Waals surface area (Å²) in [4.78, 5) is 25.0. The Labute approximate surface area is 169 Å². The molecule has 0 spiro atoms. The molecule has 0 atom stereocenters. The van der Waals surface area contributed by atoms with E-state index < -0.39 is 0 Å². The van der Waals surface area contributed by atoms with Crippen molar-refractivity contribution in [2.45, 2.75) is 25.9 Å². The van der Waals surface area contributed by atoms with Gasteiger partial charge >= 0.3 is 0 Å². The zero-order valence-corrected chi connectivity index (χ0v) is 16.1. The lowest BCUT2D eigenvalue weighted by Gasteiger charge is -2.13. The zero-order valence-electron chi connectivity index (χ0n) is 16.1. The van der Waals surface area contributed by atoms with Crippen molar-refractivity contribution in [1.29, 1.82) is 0 Å². The number of ether oxygens (including phenoxy) is 1. The molecule has 6 heteroatoms. The van der Waals surface area contributed by atoms with Crippen molar-refractivity contribution in [3.8, 4) is 0 Å². The third-order valence-electron chi connectivity index (χ3n) is 4.91. The van der Waals surface area contributed by atoms with Gasteiger partial charge in [-0.1, -0.05) is 24.3 Å². The first-order chi connectivity index (χ1) is 14.2. The summed E-state index contributed by atoms with van der Waals surface area (Å²) >= 11 is 0. The Bertz CT molecular complexity index is 993. The minimum Gasteiger partial charge on any atom is -0.467 e. The van der Waals surface area contributed by atoms with E-state index in [1.807, 2.05) is 48.5 Å². The quantitative estimate of drug-likeness (QED) is 0.537. The molecule has 0 bridgehead atoms. The van der Waals surface area contributed by atoms with Gasteiger partial charge in [-0.15, -0.1) is 0 Å². The lowest BCUT2D eigenvalue weighted by atomic mass is 10.0. The molecule has 2 aromatic carbocycles. The van der Waals surface area contributed by atoms with Crippen molar-refractivity contribution in [3.63, 3.8) is 0 Å². The number of carbonyl (C=O) groups excluding carboxylic acids is 2. The van der Waals surface area contributed by atoms with Gasteiger partial charge in [0, 0.05) is 19.1 Å². The number of anilines is 1. The monoisotopic (exact) mass is 392 g/mol. The molecule has 1 aliphatic carbocycles. The summed E-state index contributed by atoms with van der Waals surface area (Å²) in [6.45, 7) is 1.42. The highest BCUT2D eigenvalue weighted by Gasteiger charge is 2.30. The average molecular weight is 392 g/mol. The molecule has 4 rings (SSSR count). The lowest BCUT2D eigenvalue weighted by Crippen LogP contribution is -2.27. The molecule has 1 heterocycles. The van der Waals surface area contributed by atoms with Crippen molar-refractivity contribution in [1.82, 2.24) is 5.32 Å². The standard InChI is InChI=1S/C23H24N2O4/c26-22(16-8-9-16)25-21-14-18-6-2-1-5-17(18)13-20(21)23(27)24-10-4-11-28-15-19-7-3-12-29-19/h1-3,5-7,12-14,16H,4,8-11,15H2,(H,24,27)(H,25,26). The van der Waals surface area contributed by atoms with Crippen molar-refractivity contribution >= 4 is 28.3 Å². The van der Waals surface area contributed by atoms with E-state index in [9.17, 15) is 9.59 Å². The van der Waals surface area contributed by atoms with E-state index in [1.54, 1.807) is 6.26 Å². The second-order valence-electron chi connectivity index (χ2n) is 7.25. The van der Waals surface area contributed by atoms with E-state index in [0.29, 0.717) is 37.4 Å². The van der Waals surface area contributed by atoms with Crippen LogP contribution in [0.1, 0.15) is 35.4 Å². The van der Waals surface area contributed by atoms with Gasteiger partial charge in [-0.05, 0) is 54.3 Å². The number of amides is 2. The van der Waals surface area contributed by atoms with Gasteiger partial charge in [0.1, 0.15) is 12.4 Å². The molecular weight excluding hydrogens is 368 g/mol. The van der Waals surface area contributed by atoms with E-state index >= 15 is 0 Å². The molecule has 1 aromatic heterocycles. The third-order valence-corrected chi connectivity index (χ3v) is 4.91. The normalized spacial score (nSPS) is 13.4. The number of furan rings is 1. The van der Waals surface area contributed by atoms with Crippen LogP contribution in [0, 0.1) is 5.92 Å². The Morgan fingerprint density at radius 2 is 1.86 bits per heavy atom. The first-order valence-electron chi connectivity index (χ1n) is 9.93. The first kappa shape index (κ1) is 19.2. The molecule has 1 fully saturated rings. The summed E-state index contributed by atoms with van der Waals surface area (Å²) in [6.07, 6.45) is 4.13. The maximum absolute atomic E-state index is 12.8. The van der Waals surface area contributed by atoms with Gasteiger partial charge in [-0.3, -0.25) is 9.59 Å². The van der Waals surface area contributed by atoms with Gasteiger partial charge in [-0.2, -0.15) is 0 Å². The Morgan fingerprint density at radius 1 is 1.07 bits per heavy atom. The highest BCUT2D eigenvalue weighted by atomic mass is 16.5. The summed E-state index contributed by atoms with van der Waals surface area (Å²) in [5.41, 5.74) is 1.04. The molecule has 6 nitrogen and oxygen atoms in total. The second-order valence-corrected chi connectivity index (χ2v) is 7.25. The van der Waals surface area contributed by atoms with Crippen LogP contribution in [0.2, 0.25) is 0 Å². The Morgan fingerprint density at radius 3 is 2.59 bits per heavy atom. The van der Waals surface area contributed by atoms with Gasteiger partial charge in [0.05, 0.1) is 17.5 Å². The summed E-state index contributed by atoms with van der Waals surface area (Å²) in [6, 6.07) is 15.2. The van der Waals surface area contributed by atoms with Gasteiger partial charge < -0.3 is 19.8 Å². The predicted molar refractivity (Wildman–Crippen MR) is 111 cm³/mol. The van der Waals surface area contributed by atoms with Crippen molar-refractivity contribution in [2.75, 3.05) is 18.5 Å². The van der Waals surface area contributed by atoms with Gasteiger partial charge in [0.15, 0.2) is 0 Å². The fourth-order valence-corrected chi connectivity index (χ4v) is 3.15. The summed E-state index contributed by atoms with van der Waals surface area (Å²) in [5, 5.41) is 7.81. The van der Waals surface area contributed by atoms with Crippen LogP contribution in [0.4, 0.5) is 5.69 Å². The third kappa shape index (κ3) is 5.03. The minimum atomic E-state index is -0.201. The molecular formula is C23H24N2O4. The van der Waals surface area contributed by atoms with Gasteiger partial charge in [-0.25, -0.2) is 0 Å². The molecule has 0 saturated heterocycles. The molecule has 1 saturated carbocycles. The highest BCUT2D eigenvalue weighted by molar-refractivity contribution is 6.08. The Hall–Kier alpha value is -3.12. The molecule has 150 valence electrons. The molecule has 2 N–H and O–H groups in total. The SMILES string of the molecule is O=C(NCCCOCc1ccco1)c1cc2ccccc2cc1NC(=O)C1CC1. The van der Waals surface area contributed by atoms with Crippen LogP contribution in [0.3, 0.4) is 0 Å². The summed E-state index contributed by atoms with van der Waals surface area (Å²) in [5.74, 6) is 0.637. The topological polar surface area (TPSA) is 80.6 Å². The number of hydrogen-bond donors (Lipinski definition) is 2. The minimum absolute atomic E-state index is 0.0133. The number of benzene rings is 2. The van der Waals surface area contributed by atoms with Crippen LogP contribution in [-0.2, 0) is 16.1 Å². The average Bonchev–Trinajstić information content (AvgIpc) is 3.46. The van der Waals surface area contributed by atoms with E-state index in [-0.39, 0.29) is 17.7 Å². The van der Waals surface area contributed by atoms with Crippen LogP contribution < -0.4 is 10.6 Å². The van der Waals surface area contributed by atoms with Gasteiger partial charge in [0.2, 0.25) is 5.91 Å². The van der Waals surface area contributed by atoms with Crippen molar-refractivity contribution in [2.24, 2.45) is 5.92 Å². The number of rotatable bonds is 9. The first-order valence-corrected chi connectivity index (χ1v) is 9.93. The maximum Gasteiger partial charge on any atom is 0.253 e. The lowest BCUT2D eigenvalue weighted by molar-refractivity contribution is -0.117. The predicted octanol–water partition coefficient (Wildman–Crippen LogP) is 4.12. The molecule has 2 amide bonds. The largest absolute Gasteiger partial charge is 0.467 e. The fraction of sp³-hybridized carbons (Fsp3) is 0.304. The molecule has 0 aliphatic heterocycles. The van der Waals surface area contributed by atoms with Crippen LogP contribution in [0.5, 0.6) is 0 Å². The van der Waals surface area contributed by atoms with Crippen molar-refractivity contribution < 1.29 is 18.7 Å². The molecule has 0 radical (unpaired) electrons. The van der Waals surface area contributed by atoms with Crippen molar-refractivity contribution in [3.05, 3.63) is 66.1 Å². The Balaban J connectivity index is 1.36. The van der Waals surface area contributed by atoms with Crippen LogP contribution in [-0.4, -0.2) is 25.0 Å². The van der Waals surface area contributed by atoms with E-state index in [2.05, 4.69) is 10.6 Å². The molecule has 29 heavy (non-hydrogen) atoms. The van der Waals surface area contributed by atoms with Crippen LogP contribution >= 0.6 is 0 Å². The Kier molecular flexibility index (Phi) is 5.91. The zero-order chi connectivity index (χ0) is 20.1. The van der Waals surface area contributed by atoms with Crippen LogP contribution in [0.15, 0.2) is 59.2 Å². The van der Waals surface area contributed by atoms with E-state index in [0.717, 1.165) is 29.4 Å². The summed E-state index contributed by atoms with van der Waals surface area (Å²) < 4.78 is 10.7. The smallest absolute Gasteiger partial charge is 0.253 e.